The molecule has 0 aliphatic heterocycles. The number of Topliss-reactive ketones (excluding diaryl/α,β-unsaturated/α-hetero) is 1. The van der Waals surface area contributed by atoms with Crippen molar-refractivity contribution in [3.05, 3.63) is 52.8 Å². The Kier molecular flexibility index (Phi) is 6.30. The summed E-state index contributed by atoms with van der Waals surface area (Å²) in [5.74, 6) is 0.721. The molecular formula is C24H33NO4S. The third-order valence-corrected chi connectivity index (χ3v) is 7.63. The Morgan fingerprint density at radius 1 is 1.27 bits per heavy atom. The van der Waals surface area contributed by atoms with Gasteiger partial charge in [0.2, 0.25) is 0 Å². The van der Waals surface area contributed by atoms with Crippen LogP contribution < -0.4 is 0 Å². The highest BCUT2D eigenvalue weighted by atomic mass is 32.2. The van der Waals surface area contributed by atoms with Crippen LogP contribution in [0.5, 0.6) is 0 Å². The van der Waals surface area contributed by atoms with E-state index in [2.05, 4.69) is 39.0 Å². The summed E-state index contributed by atoms with van der Waals surface area (Å²) >= 11 is 0. The molecule has 164 valence electrons. The molecule has 1 aliphatic carbocycles. The van der Waals surface area contributed by atoms with Gasteiger partial charge in [0.1, 0.15) is 9.73 Å². The molecule has 0 radical (unpaired) electrons. The van der Waals surface area contributed by atoms with E-state index in [4.69, 9.17) is 9.20 Å². The SMILES string of the molecule is CC(C)c1cccc([C@@H](C)C2CC2)c1CC(=O)C[S@@](=N)(=O)c1cc(C(C)(C)O)co1. The molecule has 0 amide bonds. The van der Waals surface area contributed by atoms with Crippen LogP contribution in [-0.4, -0.2) is 20.9 Å². The molecule has 1 fully saturated rings. The number of furan rings is 1. The number of ketones is 1. The molecule has 1 saturated carbocycles. The summed E-state index contributed by atoms with van der Waals surface area (Å²) in [6.07, 6.45) is 3.93. The molecule has 3 rings (SSSR count). The monoisotopic (exact) mass is 431 g/mol. The third-order valence-electron chi connectivity index (χ3n) is 6.04. The van der Waals surface area contributed by atoms with E-state index in [0.29, 0.717) is 17.4 Å². The first-order valence-corrected chi connectivity index (χ1v) is 12.3. The van der Waals surface area contributed by atoms with E-state index in [9.17, 15) is 14.1 Å². The zero-order chi connectivity index (χ0) is 22.3. The number of rotatable bonds is 9. The van der Waals surface area contributed by atoms with Gasteiger partial charge < -0.3 is 9.52 Å². The highest BCUT2D eigenvalue weighted by molar-refractivity contribution is 7.93. The molecule has 1 aliphatic rings. The average molecular weight is 432 g/mol. The summed E-state index contributed by atoms with van der Waals surface area (Å²) in [5, 5.41) is 10.0. The maximum atomic E-state index is 13.0. The first kappa shape index (κ1) is 22.8. The van der Waals surface area contributed by atoms with Gasteiger partial charge in [-0.15, -0.1) is 0 Å². The van der Waals surface area contributed by atoms with Gasteiger partial charge in [0.25, 0.3) is 0 Å². The highest BCUT2D eigenvalue weighted by Crippen LogP contribution is 2.44. The van der Waals surface area contributed by atoms with E-state index in [1.54, 1.807) is 13.8 Å². The van der Waals surface area contributed by atoms with Crippen molar-refractivity contribution in [2.75, 3.05) is 5.75 Å². The smallest absolute Gasteiger partial charge is 0.199 e. The molecule has 2 atom stereocenters. The fourth-order valence-electron chi connectivity index (χ4n) is 4.00. The van der Waals surface area contributed by atoms with Gasteiger partial charge in [-0.1, -0.05) is 39.0 Å². The number of benzene rings is 1. The molecule has 1 heterocycles. The minimum absolute atomic E-state index is 0.0586. The van der Waals surface area contributed by atoms with E-state index in [1.807, 2.05) is 0 Å². The summed E-state index contributed by atoms with van der Waals surface area (Å²) in [5.41, 5.74) is 2.66. The molecule has 0 bridgehead atoms. The zero-order valence-electron chi connectivity index (χ0n) is 18.5. The molecule has 0 saturated heterocycles. The zero-order valence-corrected chi connectivity index (χ0v) is 19.3. The summed E-state index contributed by atoms with van der Waals surface area (Å²) in [6.45, 7) is 9.63. The lowest BCUT2D eigenvalue weighted by atomic mass is 9.84. The van der Waals surface area contributed by atoms with Gasteiger partial charge in [-0.2, -0.15) is 0 Å². The number of aliphatic hydroxyl groups is 1. The van der Waals surface area contributed by atoms with Crippen molar-refractivity contribution in [2.24, 2.45) is 5.92 Å². The quantitative estimate of drug-likeness (QED) is 0.559. The van der Waals surface area contributed by atoms with Gasteiger partial charge >= 0.3 is 0 Å². The van der Waals surface area contributed by atoms with Crippen LogP contribution in [0.25, 0.3) is 0 Å². The second-order valence-corrected chi connectivity index (χ2v) is 11.5. The van der Waals surface area contributed by atoms with E-state index >= 15 is 0 Å². The normalized spacial score (nSPS) is 17.7. The molecule has 0 unspecified atom stereocenters. The predicted octanol–water partition coefficient (Wildman–Crippen LogP) is 5.36. The largest absolute Gasteiger partial charge is 0.454 e. The minimum Gasteiger partial charge on any atom is -0.454 e. The van der Waals surface area contributed by atoms with Crippen molar-refractivity contribution in [1.29, 1.82) is 4.78 Å². The van der Waals surface area contributed by atoms with E-state index in [1.165, 1.54) is 30.7 Å². The molecule has 1 aromatic heterocycles. The van der Waals surface area contributed by atoms with Gasteiger partial charge in [0.05, 0.1) is 17.6 Å². The van der Waals surface area contributed by atoms with Crippen molar-refractivity contribution < 1.29 is 18.5 Å². The summed E-state index contributed by atoms with van der Waals surface area (Å²) in [7, 11) is -3.42. The molecule has 6 heteroatoms. The van der Waals surface area contributed by atoms with Crippen LogP contribution in [0, 0.1) is 10.7 Å². The number of carbonyl (C=O) groups excluding carboxylic acids is 1. The Labute approximate surface area is 179 Å². The first-order valence-electron chi connectivity index (χ1n) is 10.6. The second kappa shape index (κ2) is 8.31. The number of carbonyl (C=O) groups is 1. The van der Waals surface area contributed by atoms with Crippen LogP contribution in [-0.2, 0) is 26.5 Å². The molecule has 2 aromatic rings. The Hall–Kier alpha value is -1.92. The van der Waals surface area contributed by atoms with Gasteiger partial charge in [0, 0.05) is 18.1 Å². The number of hydrogen-bond donors (Lipinski definition) is 2. The fraction of sp³-hybridized carbons (Fsp3) is 0.542. The minimum atomic E-state index is -3.42. The molecule has 30 heavy (non-hydrogen) atoms. The number of nitrogens with one attached hydrogen (secondary N) is 1. The van der Waals surface area contributed by atoms with Crippen molar-refractivity contribution in [3.8, 4) is 0 Å². The van der Waals surface area contributed by atoms with Crippen LogP contribution in [0.4, 0.5) is 0 Å². The van der Waals surface area contributed by atoms with Crippen LogP contribution in [0.1, 0.15) is 81.5 Å². The van der Waals surface area contributed by atoms with Crippen LogP contribution >= 0.6 is 0 Å². The van der Waals surface area contributed by atoms with Gasteiger partial charge in [0.15, 0.2) is 10.9 Å². The summed E-state index contributed by atoms with van der Waals surface area (Å²) < 4.78 is 26.5. The van der Waals surface area contributed by atoms with Gasteiger partial charge in [-0.3, -0.25) is 4.79 Å². The Morgan fingerprint density at radius 2 is 1.90 bits per heavy atom. The summed E-state index contributed by atoms with van der Waals surface area (Å²) in [4.78, 5) is 13.0. The van der Waals surface area contributed by atoms with Crippen molar-refractivity contribution >= 4 is 15.5 Å². The maximum Gasteiger partial charge on any atom is 0.199 e. The molecule has 5 nitrogen and oxygen atoms in total. The van der Waals surface area contributed by atoms with Crippen molar-refractivity contribution in [1.82, 2.24) is 0 Å². The Balaban J connectivity index is 1.84. The first-order chi connectivity index (χ1) is 13.9. The fourth-order valence-corrected chi connectivity index (χ4v) is 5.22. The lowest BCUT2D eigenvalue weighted by Crippen LogP contribution is -2.19. The molecule has 2 N–H and O–H groups in total. The van der Waals surface area contributed by atoms with Crippen LogP contribution in [0.3, 0.4) is 0 Å². The van der Waals surface area contributed by atoms with Gasteiger partial charge in [-0.05, 0) is 61.1 Å². The van der Waals surface area contributed by atoms with Crippen molar-refractivity contribution in [3.63, 3.8) is 0 Å². The van der Waals surface area contributed by atoms with Crippen LogP contribution in [0.2, 0.25) is 0 Å². The second-order valence-electron chi connectivity index (χ2n) is 9.44. The Bertz CT molecular complexity index is 1020. The highest BCUT2D eigenvalue weighted by Gasteiger charge is 2.32. The standard InChI is InChI=1S/C24H33NO4S/c1-15(2)20-7-6-8-21(16(3)17-9-10-17)22(20)12-19(26)14-30(25,28)23-11-18(13-29-23)24(4,5)27/h6-8,11,13,15-17,25,27H,9-10,12,14H2,1-5H3/t16-,30+/m0/s1. The lowest BCUT2D eigenvalue weighted by molar-refractivity contribution is -0.116. The molecule has 1 aromatic carbocycles. The van der Waals surface area contributed by atoms with Crippen molar-refractivity contribution in [2.45, 2.75) is 76.4 Å². The molecule has 0 spiro atoms. The van der Waals surface area contributed by atoms with E-state index in [-0.39, 0.29) is 23.2 Å². The Morgan fingerprint density at radius 3 is 2.43 bits per heavy atom. The average Bonchev–Trinajstić information content (AvgIpc) is 3.34. The van der Waals surface area contributed by atoms with Crippen LogP contribution in [0.15, 0.2) is 40.0 Å². The number of hydrogen-bond acceptors (Lipinski definition) is 5. The van der Waals surface area contributed by atoms with E-state index in [0.717, 1.165) is 11.1 Å². The lowest BCUT2D eigenvalue weighted by Gasteiger charge is -2.21. The topological polar surface area (TPSA) is 91.4 Å². The third kappa shape index (κ3) is 5.03. The maximum absolute atomic E-state index is 13.0. The molecular weight excluding hydrogens is 398 g/mol. The van der Waals surface area contributed by atoms with Gasteiger partial charge in [-0.25, -0.2) is 8.99 Å². The van der Waals surface area contributed by atoms with E-state index < -0.39 is 21.1 Å². The predicted molar refractivity (Wildman–Crippen MR) is 118 cm³/mol. The summed E-state index contributed by atoms with van der Waals surface area (Å²) in [6, 6.07) is 7.66.